The number of carboxylic acid groups (broad SMARTS) is 1. The van der Waals surface area contributed by atoms with Gasteiger partial charge in [-0.2, -0.15) is 0 Å². The Bertz CT molecular complexity index is 401. The molecule has 0 spiro atoms. The normalized spacial score (nSPS) is 12.4. The van der Waals surface area contributed by atoms with Crippen molar-refractivity contribution < 1.29 is 14.6 Å². The van der Waals surface area contributed by atoms with E-state index in [0.717, 1.165) is 30.8 Å². The van der Waals surface area contributed by atoms with Crippen LogP contribution in [0.15, 0.2) is 24.3 Å². The molecule has 0 saturated carbocycles. The second-order valence-corrected chi connectivity index (χ2v) is 5.29. The zero-order chi connectivity index (χ0) is 15.0. The Balaban J connectivity index is 2.46. The van der Waals surface area contributed by atoms with E-state index in [1.165, 1.54) is 0 Å². The molecule has 4 nitrogen and oxygen atoms in total. The molecule has 0 radical (unpaired) electrons. The Hall–Kier alpha value is -1.55. The topological polar surface area (TPSA) is 58.6 Å². The Morgan fingerprint density at radius 3 is 2.45 bits per heavy atom. The molecule has 0 aromatic heterocycles. The maximum absolute atomic E-state index is 11.1. The van der Waals surface area contributed by atoms with E-state index in [1.807, 2.05) is 38.1 Å². The highest BCUT2D eigenvalue weighted by Crippen LogP contribution is 2.13. The highest BCUT2D eigenvalue weighted by Gasteiger charge is 2.20. The van der Waals surface area contributed by atoms with Crippen molar-refractivity contribution in [3.05, 3.63) is 29.8 Å². The smallest absolute Gasteiger partial charge is 0.320 e. The van der Waals surface area contributed by atoms with Gasteiger partial charge in [0.1, 0.15) is 11.8 Å². The molecular weight excluding hydrogens is 254 g/mol. The van der Waals surface area contributed by atoms with Gasteiger partial charge in [-0.3, -0.25) is 4.79 Å². The van der Waals surface area contributed by atoms with Crippen LogP contribution in [0.1, 0.15) is 39.2 Å². The molecule has 0 saturated heterocycles. The van der Waals surface area contributed by atoms with Gasteiger partial charge in [-0.05, 0) is 30.0 Å². The van der Waals surface area contributed by atoms with Crippen LogP contribution in [0, 0.1) is 5.92 Å². The van der Waals surface area contributed by atoms with E-state index in [-0.39, 0.29) is 5.92 Å². The van der Waals surface area contributed by atoms with Gasteiger partial charge in [-0.15, -0.1) is 0 Å². The van der Waals surface area contributed by atoms with Gasteiger partial charge in [0.05, 0.1) is 6.61 Å². The van der Waals surface area contributed by atoms with Crippen LogP contribution in [-0.2, 0) is 11.3 Å². The zero-order valence-corrected chi connectivity index (χ0v) is 12.6. The molecule has 1 aromatic rings. The molecule has 0 fully saturated rings. The minimum absolute atomic E-state index is 0.0594. The molecular formula is C16H25NO3. The second-order valence-electron chi connectivity index (χ2n) is 5.29. The number of nitrogens with one attached hydrogen (secondary N) is 1. The molecule has 0 bridgehead atoms. The zero-order valence-electron chi connectivity index (χ0n) is 12.6. The summed E-state index contributed by atoms with van der Waals surface area (Å²) in [6, 6.07) is 7.27. The molecule has 2 N–H and O–H groups in total. The third-order valence-corrected chi connectivity index (χ3v) is 3.15. The number of aliphatic carboxylic acids is 1. The average molecular weight is 279 g/mol. The molecule has 1 atom stereocenters. The lowest BCUT2D eigenvalue weighted by atomic mass is 10.0. The quantitative estimate of drug-likeness (QED) is 0.682. The van der Waals surface area contributed by atoms with E-state index in [2.05, 4.69) is 12.2 Å². The van der Waals surface area contributed by atoms with E-state index in [1.54, 1.807) is 0 Å². The number of carbonyl (C=O) groups is 1. The molecule has 0 heterocycles. The number of ether oxygens (including phenoxy) is 1. The van der Waals surface area contributed by atoms with Crippen molar-refractivity contribution in [3.63, 3.8) is 0 Å². The van der Waals surface area contributed by atoms with Crippen LogP contribution in [0.3, 0.4) is 0 Å². The summed E-state index contributed by atoms with van der Waals surface area (Å²) in [6.07, 6.45) is 2.17. The van der Waals surface area contributed by atoms with Gasteiger partial charge in [0.2, 0.25) is 0 Å². The molecule has 112 valence electrons. The lowest BCUT2D eigenvalue weighted by molar-refractivity contribution is -0.140. The van der Waals surface area contributed by atoms with Crippen molar-refractivity contribution in [2.24, 2.45) is 5.92 Å². The van der Waals surface area contributed by atoms with Gasteiger partial charge >= 0.3 is 5.97 Å². The summed E-state index contributed by atoms with van der Waals surface area (Å²) in [5, 5.41) is 12.2. The first-order valence-corrected chi connectivity index (χ1v) is 7.22. The Kier molecular flexibility index (Phi) is 7.09. The summed E-state index contributed by atoms with van der Waals surface area (Å²) in [5.41, 5.74) is 1.06. The molecule has 1 rings (SSSR count). The SMILES string of the molecule is CCCCOc1ccc(CNC(C(=O)O)C(C)C)cc1. The first kappa shape index (κ1) is 16.5. The number of carboxylic acids is 1. The molecule has 0 amide bonds. The lowest BCUT2D eigenvalue weighted by Gasteiger charge is -2.18. The highest BCUT2D eigenvalue weighted by atomic mass is 16.5. The minimum atomic E-state index is -0.806. The predicted octanol–water partition coefficient (Wildman–Crippen LogP) is 3.06. The number of benzene rings is 1. The number of rotatable bonds is 9. The minimum Gasteiger partial charge on any atom is -0.494 e. The molecule has 0 aliphatic rings. The van der Waals surface area contributed by atoms with Crippen molar-refractivity contribution in [3.8, 4) is 5.75 Å². The second kappa shape index (κ2) is 8.59. The van der Waals surface area contributed by atoms with Crippen molar-refractivity contribution in [1.82, 2.24) is 5.32 Å². The summed E-state index contributed by atoms with van der Waals surface area (Å²) in [4.78, 5) is 11.1. The first-order chi connectivity index (χ1) is 9.54. The number of unbranched alkanes of at least 4 members (excludes halogenated alkanes) is 1. The standard InChI is InChI=1S/C16H25NO3/c1-4-5-10-20-14-8-6-13(7-9-14)11-17-15(12(2)3)16(18)19/h6-9,12,15,17H,4-5,10-11H2,1-3H3,(H,18,19). The van der Waals surface area contributed by atoms with E-state index in [0.29, 0.717) is 6.54 Å². The third-order valence-electron chi connectivity index (χ3n) is 3.15. The van der Waals surface area contributed by atoms with E-state index < -0.39 is 12.0 Å². The van der Waals surface area contributed by atoms with E-state index in [9.17, 15) is 4.79 Å². The fourth-order valence-electron chi connectivity index (χ4n) is 1.87. The number of hydrogen-bond donors (Lipinski definition) is 2. The number of hydrogen-bond acceptors (Lipinski definition) is 3. The maximum Gasteiger partial charge on any atom is 0.320 e. The molecule has 4 heteroatoms. The van der Waals surface area contributed by atoms with Crippen LogP contribution in [0.25, 0.3) is 0 Å². The fourth-order valence-corrected chi connectivity index (χ4v) is 1.87. The Labute approximate surface area is 121 Å². The van der Waals surface area contributed by atoms with E-state index in [4.69, 9.17) is 9.84 Å². The van der Waals surface area contributed by atoms with Gasteiger partial charge in [-0.1, -0.05) is 39.3 Å². The van der Waals surface area contributed by atoms with Crippen molar-refractivity contribution >= 4 is 5.97 Å². The van der Waals surface area contributed by atoms with Gasteiger partial charge in [-0.25, -0.2) is 0 Å². The summed E-state index contributed by atoms with van der Waals surface area (Å²) >= 11 is 0. The van der Waals surface area contributed by atoms with Crippen LogP contribution in [-0.4, -0.2) is 23.7 Å². The summed E-state index contributed by atoms with van der Waals surface area (Å²) in [5.74, 6) is 0.115. The van der Waals surface area contributed by atoms with Crippen LogP contribution in [0.2, 0.25) is 0 Å². The van der Waals surface area contributed by atoms with Crippen LogP contribution < -0.4 is 10.1 Å². The molecule has 0 aliphatic heterocycles. The lowest BCUT2D eigenvalue weighted by Crippen LogP contribution is -2.40. The van der Waals surface area contributed by atoms with E-state index >= 15 is 0 Å². The average Bonchev–Trinajstić information content (AvgIpc) is 2.40. The Morgan fingerprint density at radius 1 is 1.30 bits per heavy atom. The summed E-state index contributed by atoms with van der Waals surface area (Å²) < 4.78 is 5.59. The van der Waals surface area contributed by atoms with Gasteiger partial charge in [0, 0.05) is 6.54 Å². The maximum atomic E-state index is 11.1. The monoisotopic (exact) mass is 279 g/mol. The molecule has 1 unspecified atom stereocenters. The highest BCUT2D eigenvalue weighted by molar-refractivity contribution is 5.73. The summed E-state index contributed by atoms with van der Waals surface area (Å²) in [7, 11) is 0. The molecule has 1 aromatic carbocycles. The first-order valence-electron chi connectivity index (χ1n) is 7.22. The van der Waals surface area contributed by atoms with Gasteiger partial charge in [0.15, 0.2) is 0 Å². The van der Waals surface area contributed by atoms with Crippen molar-refractivity contribution in [2.45, 2.75) is 46.2 Å². The fraction of sp³-hybridized carbons (Fsp3) is 0.562. The summed E-state index contributed by atoms with van der Waals surface area (Å²) in [6.45, 7) is 7.21. The largest absolute Gasteiger partial charge is 0.494 e. The Morgan fingerprint density at radius 2 is 1.95 bits per heavy atom. The van der Waals surface area contributed by atoms with Crippen LogP contribution in [0.5, 0.6) is 5.75 Å². The molecule has 20 heavy (non-hydrogen) atoms. The van der Waals surface area contributed by atoms with Crippen LogP contribution >= 0.6 is 0 Å². The third kappa shape index (κ3) is 5.61. The van der Waals surface area contributed by atoms with Crippen molar-refractivity contribution in [1.29, 1.82) is 0 Å². The van der Waals surface area contributed by atoms with Gasteiger partial charge in [0.25, 0.3) is 0 Å². The van der Waals surface area contributed by atoms with Gasteiger partial charge < -0.3 is 15.2 Å². The predicted molar refractivity (Wildman–Crippen MR) is 79.9 cm³/mol. The molecule has 0 aliphatic carbocycles. The van der Waals surface area contributed by atoms with Crippen molar-refractivity contribution in [2.75, 3.05) is 6.61 Å². The van der Waals surface area contributed by atoms with Crippen LogP contribution in [0.4, 0.5) is 0 Å².